The Hall–Kier alpha value is -3.31. The number of benzene rings is 1. The van der Waals surface area contributed by atoms with Crippen molar-refractivity contribution in [2.75, 3.05) is 11.4 Å². The van der Waals surface area contributed by atoms with E-state index in [-0.39, 0.29) is 18.5 Å². The predicted octanol–water partition coefficient (Wildman–Crippen LogP) is 3.44. The number of rotatable bonds is 5. The number of aryl methyl sites for hydroxylation is 1. The van der Waals surface area contributed by atoms with Crippen LogP contribution in [0, 0.1) is 29.6 Å². The molecule has 0 saturated carbocycles. The van der Waals surface area contributed by atoms with Crippen LogP contribution in [-0.2, 0) is 4.79 Å². The van der Waals surface area contributed by atoms with Crippen molar-refractivity contribution < 1.29 is 9.21 Å². The highest BCUT2D eigenvalue weighted by Crippen LogP contribution is 2.19. The molecule has 0 atom stereocenters. The average Bonchev–Trinajstić information content (AvgIpc) is 3.07. The van der Waals surface area contributed by atoms with E-state index in [4.69, 9.17) is 9.68 Å². The second kappa shape index (κ2) is 7.63. The van der Waals surface area contributed by atoms with E-state index in [1.165, 1.54) is 17.2 Å². The lowest BCUT2D eigenvalue weighted by molar-refractivity contribution is -0.114. The first-order valence-corrected chi connectivity index (χ1v) is 7.06. The smallest absolute Gasteiger partial charge is 0.269 e. The van der Waals surface area contributed by atoms with E-state index in [1.807, 2.05) is 31.2 Å². The van der Waals surface area contributed by atoms with E-state index in [0.717, 1.165) is 5.56 Å². The van der Waals surface area contributed by atoms with Gasteiger partial charge in [-0.05, 0) is 31.2 Å². The van der Waals surface area contributed by atoms with Gasteiger partial charge in [0, 0.05) is 18.3 Å². The highest BCUT2D eigenvalue weighted by Gasteiger charge is 2.20. The molecule has 0 fully saturated rings. The Balaban J connectivity index is 2.34. The molecule has 2 rings (SSSR count). The minimum absolute atomic E-state index is 0.0431. The van der Waals surface area contributed by atoms with Gasteiger partial charge in [-0.1, -0.05) is 17.7 Å². The van der Waals surface area contributed by atoms with Gasteiger partial charge in [0.2, 0.25) is 0 Å². The molecule has 0 radical (unpaired) electrons. The van der Waals surface area contributed by atoms with Crippen molar-refractivity contribution in [3.63, 3.8) is 0 Å². The molecule has 114 valence electrons. The van der Waals surface area contributed by atoms with Crippen LogP contribution in [0.1, 0.15) is 17.7 Å². The van der Waals surface area contributed by atoms with Crippen LogP contribution in [0.2, 0.25) is 0 Å². The summed E-state index contributed by atoms with van der Waals surface area (Å²) < 4.78 is 5.15. The zero-order valence-corrected chi connectivity index (χ0v) is 12.7. The van der Waals surface area contributed by atoms with Crippen molar-refractivity contribution in [2.45, 2.75) is 13.3 Å². The maximum atomic E-state index is 12.7. The number of nitrogens with zero attached hydrogens (tertiary/aromatic N) is 3. The number of hydrogen-bond acceptors (Lipinski definition) is 4. The molecule has 1 aromatic heterocycles. The molecule has 0 bridgehead atoms. The van der Waals surface area contributed by atoms with Gasteiger partial charge in [-0.15, -0.1) is 0 Å². The summed E-state index contributed by atoms with van der Waals surface area (Å²) in [7, 11) is 0. The average molecular weight is 305 g/mol. The lowest BCUT2D eigenvalue weighted by Gasteiger charge is -2.21. The van der Waals surface area contributed by atoms with Gasteiger partial charge in [-0.2, -0.15) is 10.5 Å². The summed E-state index contributed by atoms with van der Waals surface area (Å²) in [5.74, 6) is -0.0259. The third-order valence-corrected chi connectivity index (χ3v) is 3.22. The summed E-state index contributed by atoms with van der Waals surface area (Å²) in [6.45, 7) is 2.16. The van der Waals surface area contributed by atoms with Gasteiger partial charge in [0.25, 0.3) is 5.91 Å². The summed E-state index contributed by atoms with van der Waals surface area (Å²) >= 11 is 0. The van der Waals surface area contributed by atoms with E-state index in [2.05, 4.69) is 0 Å². The van der Waals surface area contributed by atoms with Crippen LogP contribution in [-0.4, -0.2) is 12.5 Å². The highest BCUT2D eigenvalue weighted by molar-refractivity contribution is 6.11. The molecule has 0 unspecified atom stereocenters. The lowest BCUT2D eigenvalue weighted by Crippen LogP contribution is -2.32. The van der Waals surface area contributed by atoms with Gasteiger partial charge in [-0.25, -0.2) is 0 Å². The lowest BCUT2D eigenvalue weighted by atomic mass is 10.1. The van der Waals surface area contributed by atoms with Gasteiger partial charge < -0.3 is 9.32 Å². The standard InChI is InChI=1S/C18H15N3O2/c1-14-5-7-16(8-6-14)21(10-3-9-19)18(22)15(13-20)12-17-4-2-11-23-17/h2,4-8,11-12H,3,10H2,1H3/b15-12+. The van der Waals surface area contributed by atoms with E-state index in [0.29, 0.717) is 11.4 Å². The van der Waals surface area contributed by atoms with Crippen LogP contribution < -0.4 is 4.90 Å². The third kappa shape index (κ3) is 4.09. The molecule has 5 nitrogen and oxygen atoms in total. The van der Waals surface area contributed by atoms with Crippen LogP contribution in [0.3, 0.4) is 0 Å². The first-order valence-electron chi connectivity index (χ1n) is 7.06. The maximum Gasteiger partial charge on any atom is 0.269 e. The first-order chi connectivity index (χ1) is 11.2. The molecule has 1 heterocycles. The number of hydrogen-bond donors (Lipinski definition) is 0. The Kier molecular flexibility index (Phi) is 5.33. The van der Waals surface area contributed by atoms with Gasteiger partial charge in [0.15, 0.2) is 0 Å². The second-order valence-electron chi connectivity index (χ2n) is 4.89. The van der Waals surface area contributed by atoms with E-state index >= 15 is 0 Å². The zero-order valence-electron chi connectivity index (χ0n) is 12.7. The molecule has 1 amide bonds. The van der Waals surface area contributed by atoms with Crippen LogP contribution in [0.4, 0.5) is 5.69 Å². The Morgan fingerprint density at radius 3 is 2.57 bits per heavy atom. The van der Waals surface area contributed by atoms with Crippen LogP contribution in [0.25, 0.3) is 6.08 Å². The predicted molar refractivity (Wildman–Crippen MR) is 86.1 cm³/mol. The maximum absolute atomic E-state index is 12.7. The molecule has 5 heteroatoms. The van der Waals surface area contributed by atoms with Crippen LogP contribution >= 0.6 is 0 Å². The van der Waals surface area contributed by atoms with Crippen LogP contribution in [0.15, 0.2) is 52.7 Å². The monoisotopic (exact) mass is 305 g/mol. The second-order valence-corrected chi connectivity index (χ2v) is 4.89. The zero-order chi connectivity index (χ0) is 16.7. The van der Waals surface area contributed by atoms with Gasteiger partial charge in [0.1, 0.15) is 17.4 Å². The molecule has 1 aromatic carbocycles. The van der Waals surface area contributed by atoms with E-state index < -0.39 is 5.91 Å². The fourth-order valence-electron chi connectivity index (χ4n) is 2.04. The molecule has 0 aliphatic carbocycles. The minimum atomic E-state index is -0.456. The Morgan fingerprint density at radius 1 is 1.26 bits per heavy atom. The Labute approximate surface area is 134 Å². The topological polar surface area (TPSA) is 81.0 Å². The quantitative estimate of drug-likeness (QED) is 0.626. The van der Waals surface area contributed by atoms with Gasteiger partial charge in [-0.3, -0.25) is 4.79 Å². The summed E-state index contributed by atoms with van der Waals surface area (Å²) in [4.78, 5) is 14.1. The minimum Gasteiger partial charge on any atom is -0.465 e. The largest absolute Gasteiger partial charge is 0.465 e. The normalized spacial score (nSPS) is 10.7. The molecule has 0 aliphatic heterocycles. The van der Waals surface area contributed by atoms with Crippen molar-refractivity contribution in [3.8, 4) is 12.1 Å². The number of furan rings is 1. The third-order valence-electron chi connectivity index (χ3n) is 3.22. The van der Waals surface area contributed by atoms with Crippen molar-refractivity contribution in [1.29, 1.82) is 10.5 Å². The van der Waals surface area contributed by atoms with Crippen molar-refractivity contribution in [3.05, 3.63) is 59.6 Å². The Bertz CT molecular complexity index is 775. The molecule has 23 heavy (non-hydrogen) atoms. The summed E-state index contributed by atoms with van der Waals surface area (Å²) in [5, 5.41) is 18.1. The number of carbonyl (C=O) groups excluding carboxylic acids is 1. The van der Waals surface area contributed by atoms with Crippen molar-refractivity contribution in [2.24, 2.45) is 0 Å². The molecular weight excluding hydrogens is 290 g/mol. The van der Waals surface area contributed by atoms with E-state index in [1.54, 1.807) is 24.3 Å². The molecule has 0 saturated heterocycles. The van der Waals surface area contributed by atoms with Gasteiger partial charge >= 0.3 is 0 Å². The molecular formula is C18H15N3O2. The van der Waals surface area contributed by atoms with Gasteiger partial charge in [0.05, 0.1) is 18.8 Å². The summed E-state index contributed by atoms with van der Waals surface area (Å²) in [6.07, 6.45) is 3.05. The number of carbonyl (C=O) groups is 1. The summed E-state index contributed by atoms with van der Waals surface area (Å²) in [6, 6.07) is 14.6. The Morgan fingerprint density at radius 2 is 2.00 bits per heavy atom. The number of anilines is 1. The van der Waals surface area contributed by atoms with Crippen LogP contribution in [0.5, 0.6) is 0 Å². The summed E-state index contributed by atoms with van der Waals surface area (Å²) in [5.41, 5.74) is 1.67. The SMILES string of the molecule is Cc1ccc(N(CCC#N)C(=O)/C(C#N)=C/c2ccco2)cc1. The van der Waals surface area contributed by atoms with Crippen molar-refractivity contribution >= 4 is 17.7 Å². The molecule has 0 spiro atoms. The molecule has 2 aromatic rings. The number of amides is 1. The highest BCUT2D eigenvalue weighted by atomic mass is 16.3. The van der Waals surface area contributed by atoms with E-state index in [9.17, 15) is 10.1 Å². The number of nitriles is 2. The fraction of sp³-hybridized carbons (Fsp3) is 0.167. The first kappa shape index (κ1) is 16.1. The van der Waals surface area contributed by atoms with Crippen molar-refractivity contribution in [1.82, 2.24) is 0 Å². The molecule has 0 aliphatic rings. The fourth-order valence-corrected chi connectivity index (χ4v) is 2.04. The molecule has 0 N–H and O–H groups in total.